The van der Waals surface area contributed by atoms with Gasteiger partial charge in [-0.25, -0.2) is 14.4 Å². The van der Waals surface area contributed by atoms with Crippen LogP contribution in [0.15, 0.2) is 60.9 Å². The first kappa shape index (κ1) is 16.2. The van der Waals surface area contributed by atoms with E-state index in [0.29, 0.717) is 5.82 Å². The Morgan fingerprint density at radius 3 is 2.65 bits per heavy atom. The summed E-state index contributed by atoms with van der Waals surface area (Å²) in [4.78, 5) is 23.0. The highest BCUT2D eigenvalue weighted by molar-refractivity contribution is 6.02. The number of carbonyl (C=O) groups excluding carboxylic acids is 1. The molecular formula is C20H17FN4O. The predicted octanol–water partition coefficient (Wildman–Crippen LogP) is 3.95. The van der Waals surface area contributed by atoms with E-state index in [1.807, 2.05) is 12.1 Å². The SMILES string of the molecule is O=C(Nc1ccccc1F)c1cnc(N2CCCc3ccccc32)cn1. The summed E-state index contributed by atoms with van der Waals surface area (Å²) in [5.41, 5.74) is 2.66. The van der Waals surface area contributed by atoms with Gasteiger partial charge in [-0.3, -0.25) is 4.79 Å². The first-order valence-electron chi connectivity index (χ1n) is 8.46. The van der Waals surface area contributed by atoms with E-state index in [9.17, 15) is 9.18 Å². The second kappa shape index (κ2) is 6.92. The lowest BCUT2D eigenvalue weighted by Crippen LogP contribution is -2.25. The average Bonchev–Trinajstić information content (AvgIpc) is 2.69. The maximum atomic E-state index is 13.7. The molecule has 0 aliphatic carbocycles. The molecule has 0 atom stereocenters. The lowest BCUT2D eigenvalue weighted by molar-refractivity contribution is 0.102. The van der Waals surface area contributed by atoms with E-state index >= 15 is 0 Å². The molecule has 0 spiro atoms. The van der Waals surface area contributed by atoms with Crippen molar-refractivity contribution < 1.29 is 9.18 Å². The topological polar surface area (TPSA) is 58.1 Å². The smallest absolute Gasteiger partial charge is 0.275 e. The Hall–Kier alpha value is -3.28. The van der Waals surface area contributed by atoms with Crippen LogP contribution in [-0.2, 0) is 6.42 Å². The molecule has 1 aliphatic rings. The number of para-hydroxylation sites is 2. The molecular weight excluding hydrogens is 331 g/mol. The first-order valence-corrected chi connectivity index (χ1v) is 8.46. The maximum absolute atomic E-state index is 13.7. The monoisotopic (exact) mass is 348 g/mol. The van der Waals surface area contributed by atoms with Crippen molar-refractivity contribution >= 4 is 23.1 Å². The van der Waals surface area contributed by atoms with Crippen molar-refractivity contribution in [2.45, 2.75) is 12.8 Å². The number of hydrogen-bond donors (Lipinski definition) is 1. The van der Waals surface area contributed by atoms with Crippen LogP contribution in [0.4, 0.5) is 21.6 Å². The Balaban J connectivity index is 1.54. The maximum Gasteiger partial charge on any atom is 0.275 e. The van der Waals surface area contributed by atoms with Gasteiger partial charge in [-0.05, 0) is 36.6 Å². The van der Waals surface area contributed by atoms with Crippen LogP contribution in [0.5, 0.6) is 0 Å². The van der Waals surface area contributed by atoms with Crippen LogP contribution in [0.2, 0.25) is 0 Å². The Morgan fingerprint density at radius 2 is 1.85 bits per heavy atom. The minimum absolute atomic E-state index is 0.119. The number of aryl methyl sites for hydroxylation is 1. The molecule has 26 heavy (non-hydrogen) atoms. The van der Waals surface area contributed by atoms with Crippen molar-refractivity contribution in [2.24, 2.45) is 0 Å². The van der Waals surface area contributed by atoms with Crippen LogP contribution in [0.1, 0.15) is 22.5 Å². The van der Waals surface area contributed by atoms with Gasteiger partial charge in [0.1, 0.15) is 11.5 Å². The van der Waals surface area contributed by atoms with Gasteiger partial charge in [-0.1, -0.05) is 30.3 Å². The van der Waals surface area contributed by atoms with E-state index in [2.05, 4.69) is 32.3 Å². The van der Waals surface area contributed by atoms with Crippen LogP contribution in [0.3, 0.4) is 0 Å². The molecule has 0 saturated heterocycles. The Kier molecular flexibility index (Phi) is 4.31. The molecule has 2 heterocycles. The van der Waals surface area contributed by atoms with Gasteiger partial charge in [0, 0.05) is 12.2 Å². The summed E-state index contributed by atoms with van der Waals surface area (Å²) in [5, 5.41) is 2.51. The molecule has 0 saturated carbocycles. The average molecular weight is 348 g/mol. The molecule has 0 unspecified atom stereocenters. The van der Waals surface area contributed by atoms with Crippen molar-refractivity contribution in [1.29, 1.82) is 0 Å². The van der Waals surface area contributed by atoms with Gasteiger partial charge in [-0.15, -0.1) is 0 Å². The van der Waals surface area contributed by atoms with E-state index < -0.39 is 11.7 Å². The van der Waals surface area contributed by atoms with Gasteiger partial charge >= 0.3 is 0 Å². The third-order valence-electron chi connectivity index (χ3n) is 4.38. The highest BCUT2D eigenvalue weighted by Crippen LogP contribution is 2.31. The molecule has 0 bridgehead atoms. The fourth-order valence-corrected chi connectivity index (χ4v) is 3.10. The van der Waals surface area contributed by atoms with E-state index in [4.69, 9.17) is 0 Å². The second-order valence-corrected chi connectivity index (χ2v) is 6.08. The Bertz CT molecular complexity index is 943. The summed E-state index contributed by atoms with van der Waals surface area (Å²) in [6.07, 6.45) is 5.08. The summed E-state index contributed by atoms with van der Waals surface area (Å²) in [6.45, 7) is 0.854. The van der Waals surface area contributed by atoms with Crippen LogP contribution in [0, 0.1) is 5.82 Å². The number of anilines is 3. The summed E-state index contributed by atoms with van der Waals surface area (Å²) < 4.78 is 13.7. The largest absolute Gasteiger partial charge is 0.325 e. The molecule has 130 valence electrons. The van der Waals surface area contributed by atoms with Crippen LogP contribution < -0.4 is 10.2 Å². The van der Waals surface area contributed by atoms with Gasteiger partial charge in [-0.2, -0.15) is 0 Å². The number of hydrogen-bond acceptors (Lipinski definition) is 4. The molecule has 2 aromatic carbocycles. The highest BCUT2D eigenvalue weighted by Gasteiger charge is 2.19. The Morgan fingerprint density at radius 1 is 1.04 bits per heavy atom. The number of nitrogens with zero attached hydrogens (tertiary/aromatic N) is 3. The van der Waals surface area contributed by atoms with Gasteiger partial charge in [0.25, 0.3) is 5.91 Å². The minimum Gasteiger partial charge on any atom is -0.325 e. The molecule has 3 aromatic rings. The molecule has 5 nitrogen and oxygen atoms in total. The number of aromatic nitrogens is 2. The van der Waals surface area contributed by atoms with E-state index in [0.717, 1.165) is 25.1 Å². The summed E-state index contributed by atoms with van der Waals surface area (Å²) >= 11 is 0. The van der Waals surface area contributed by atoms with Gasteiger partial charge in [0.05, 0.1) is 18.1 Å². The molecule has 1 amide bonds. The molecule has 0 radical (unpaired) electrons. The lowest BCUT2D eigenvalue weighted by atomic mass is 10.0. The zero-order valence-electron chi connectivity index (χ0n) is 14.0. The number of nitrogens with one attached hydrogen (secondary N) is 1. The number of amides is 1. The zero-order chi connectivity index (χ0) is 17.9. The zero-order valence-corrected chi connectivity index (χ0v) is 14.0. The fourth-order valence-electron chi connectivity index (χ4n) is 3.10. The number of rotatable bonds is 3. The quantitative estimate of drug-likeness (QED) is 0.779. The third kappa shape index (κ3) is 3.13. The number of fused-ring (bicyclic) bond motifs is 1. The van der Waals surface area contributed by atoms with Crippen molar-refractivity contribution in [3.8, 4) is 0 Å². The lowest BCUT2D eigenvalue weighted by Gasteiger charge is -2.30. The highest BCUT2D eigenvalue weighted by atomic mass is 19.1. The number of carbonyl (C=O) groups is 1. The summed E-state index contributed by atoms with van der Waals surface area (Å²) in [5.74, 6) is -0.289. The molecule has 1 N–H and O–H groups in total. The summed E-state index contributed by atoms with van der Waals surface area (Å²) in [6, 6.07) is 14.2. The molecule has 6 heteroatoms. The first-order chi connectivity index (χ1) is 12.7. The normalized spacial score (nSPS) is 13.2. The standard InChI is InChI=1S/C20H17FN4O/c21-15-8-2-3-9-16(15)24-20(26)17-12-23-19(13-22-17)25-11-5-7-14-6-1-4-10-18(14)25/h1-4,6,8-10,12-13H,5,7,11H2,(H,24,26). The van der Waals surface area contributed by atoms with Crippen LogP contribution >= 0.6 is 0 Å². The number of benzene rings is 2. The van der Waals surface area contributed by atoms with E-state index in [-0.39, 0.29) is 11.4 Å². The van der Waals surface area contributed by atoms with E-state index in [1.165, 1.54) is 23.9 Å². The van der Waals surface area contributed by atoms with E-state index in [1.54, 1.807) is 18.3 Å². The van der Waals surface area contributed by atoms with Crippen molar-refractivity contribution in [2.75, 3.05) is 16.8 Å². The van der Waals surface area contributed by atoms with Gasteiger partial charge in [0.15, 0.2) is 5.82 Å². The van der Waals surface area contributed by atoms with Crippen molar-refractivity contribution in [3.05, 3.63) is 78.0 Å². The van der Waals surface area contributed by atoms with Gasteiger partial charge in [0.2, 0.25) is 0 Å². The number of halogens is 1. The molecule has 1 aliphatic heterocycles. The third-order valence-corrected chi connectivity index (χ3v) is 4.38. The van der Waals surface area contributed by atoms with Crippen LogP contribution in [0.25, 0.3) is 0 Å². The van der Waals surface area contributed by atoms with Crippen molar-refractivity contribution in [3.63, 3.8) is 0 Å². The Labute approximate surface area is 150 Å². The van der Waals surface area contributed by atoms with Crippen LogP contribution in [-0.4, -0.2) is 22.4 Å². The summed E-state index contributed by atoms with van der Waals surface area (Å²) in [7, 11) is 0. The molecule has 1 aromatic heterocycles. The van der Waals surface area contributed by atoms with Crippen molar-refractivity contribution in [1.82, 2.24) is 9.97 Å². The van der Waals surface area contributed by atoms with Gasteiger partial charge < -0.3 is 10.2 Å². The fraction of sp³-hybridized carbons (Fsp3) is 0.150. The molecule has 0 fully saturated rings. The minimum atomic E-state index is -0.492. The second-order valence-electron chi connectivity index (χ2n) is 6.08. The molecule has 4 rings (SSSR count). The predicted molar refractivity (Wildman–Crippen MR) is 98.2 cm³/mol.